The number of ether oxygens (including phenoxy) is 1. The van der Waals surface area contributed by atoms with E-state index in [-0.39, 0.29) is 5.91 Å². The summed E-state index contributed by atoms with van der Waals surface area (Å²) in [5.74, 6) is 0.599. The molecule has 4 aromatic rings. The van der Waals surface area contributed by atoms with Crippen LogP contribution in [0.3, 0.4) is 0 Å². The number of nitrogens with zero attached hydrogens (tertiary/aromatic N) is 1. The van der Waals surface area contributed by atoms with Crippen LogP contribution < -0.4 is 10.1 Å². The van der Waals surface area contributed by atoms with Gasteiger partial charge in [0, 0.05) is 16.6 Å². The van der Waals surface area contributed by atoms with Crippen LogP contribution in [-0.2, 0) is 0 Å². The first-order valence-corrected chi connectivity index (χ1v) is 9.48. The molecular formula is C25H22N2O2. The molecule has 0 saturated carbocycles. The number of anilines is 1. The van der Waals surface area contributed by atoms with Gasteiger partial charge in [0.05, 0.1) is 23.9 Å². The molecule has 0 aliphatic rings. The van der Waals surface area contributed by atoms with Crippen molar-refractivity contribution in [1.29, 1.82) is 0 Å². The third-order valence-corrected chi connectivity index (χ3v) is 4.96. The molecule has 29 heavy (non-hydrogen) atoms. The van der Waals surface area contributed by atoms with Crippen LogP contribution >= 0.6 is 0 Å². The Bertz CT molecular complexity index is 1210. The van der Waals surface area contributed by atoms with Crippen LogP contribution in [-0.4, -0.2) is 18.0 Å². The number of para-hydroxylation sites is 1. The van der Waals surface area contributed by atoms with Crippen LogP contribution in [0, 0.1) is 13.8 Å². The average molecular weight is 382 g/mol. The maximum Gasteiger partial charge on any atom is 0.256 e. The lowest BCUT2D eigenvalue weighted by Gasteiger charge is -2.13. The van der Waals surface area contributed by atoms with E-state index < -0.39 is 0 Å². The number of fused-ring (bicyclic) bond motifs is 1. The highest BCUT2D eigenvalue weighted by atomic mass is 16.5. The summed E-state index contributed by atoms with van der Waals surface area (Å²) in [7, 11) is 1.63. The number of nitrogens with one attached hydrogen (secondary N) is 1. The number of aromatic nitrogens is 1. The SMILES string of the molecule is COc1ccc(NC(=O)c2cc(-c3cccc(C)c3)nc3ccccc23)c(C)c1. The van der Waals surface area contributed by atoms with Crippen molar-refractivity contribution in [1.82, 2.24) is 4.98 Å². The molecule has 144 valence electrons. The maximum absolute atomic E-state index is 13.2. The molecule has 4 nitrogen and oxygen atoms in total. The Morgan fingerprint density at radius 2 is 1.76 bits per heavy atom. The number of hydrogen-bond acceptors (Lipinski definition) is 3. The van der Waals surface area contributed by atoms with Crippen molar-refractivity contribution in [3.05, 3.63) is 89.5 Å². The van der Waals surface area contributed by atoms with E-state index in [1.54, 1.807) is 7.11 Å². The Balaban J connectivity index is 1.78. The van der Waals surface area contributed by atoms with Gasteiger partial charge in [-0.15, -0.1) is 0 Å². The van der Waals surface area contributed by atoms with Crippen molar-refractivity contribution in [2.75, 3.05) is 12.4 Å². The highest BCUT2D eigenvalue weighted by Crippen LogP contribution is 2.27. The summed E-state index contributed by atoms with van der Waals surface area (Å²) in [6.45, 7) is 3.99. The quantitative estimate of drug-likeness (QED) is 0.487. The van der Waals surface area contributed by atoms with Gasteiger partial charge in [-0.25, -0.2) is 4.98 Å². The summed E-state index contributed by atoms with van der Waals surface area (Å²) in [5, 5.41) is 3.86. The molecule has 1 heterocycles. The van der Waals surface area contributed by atoms with Gasteiger partial charge in [0.15, 0.2) is 0 Å². The number of rotatable bonds is 4. The Morgan fingerprint density at radius 3 is 2.52 bits per heavy atom. The minimum atomic E-state index is -0.161. The molecule has 0 aliphatic heterocycles. The van der Waals surface area contributed by atoms with E-state index in [0.717, 1.165) is 44.7 Å². The lowest BCUT2D eigenvalue weighted by Crippen LogP contribution is -2.14. The van der Waals surface area contributed by atoms with Crippen molar-refractivity contribution < 1.29 is 9.53 Å². The molecule has 3 aromatic carbocycles. The Morgan fingerprint density at radius 1 is 0.931 bits per heavy atom. The normalized spacial score (nSPS) is 10.7. The molecular weight excluding hydrogens is 360 g/mol. The zero-order chi connectivity index (χ0) is 20.4. The molecule has 1 aromatic heterocycles. The molecule has 1 N–H and O–H groups in total. The number of amides is 1. The van der Waals surface area contributed by atoms with Crippen molar-refractivity contribution in [3.8, 4) is 17.0 Å². The third-order valence-electron chi connectivity index (χ3n) is 4.96. The average Bonchev–Trinajstić information content (AvgIpc) is 2.74. The predicted octanol–water partition coefficient (Wildman–Crippen LogP) is 5.78. The van der Waals surface area contributed by atoms with E-state index in [1.165, 1.54) is 0 Å². The number of benzene rings is 3. The minimum absolute atomic E-state index is 0.161. The fourth-order valence-electron chi connectivity index (χ4n) is 3.41. The van der Waals surface area contributed by atoms with Gasteiger partial charge < -0.3 is 10.1 Å². The fourth-order valence-corrected chi connectivity index (χ4v) is 3.41. The second-order valence-electron chi connectivity index (χ2n) is 7.08. The van der Waals surface area contributed by atoms with E-state index in [0.29, 0.717) is 5.56 Å². The van der Waals surface area contributed by atoms with E-state index in [4.69, 9.17) is 9.72 Å². The van der Waals surface area contributed by atoms with E-state index in [9.17, 15) is 4.79 Å². The van der Waals surface area contributed by atoms with Crippen LogP contribution in [0.5, 0.6) is 5.75 Å². The number of hydrogen-bond donors (Lipinski definition) is 1. The number of pyridine rings is 1. The molecule has 0 spiro atoms. The van der Waals surface area contributed by atoms with Gasteiger partial charge in [-0.2, -0.15) is 0 Å². The first-order valence-electron chi connectivity index (χ1n) is 9.48. The van der Waals surface area contributed by atoms with Crippen LogP contribution in [0.15, 0.2) is 72.8 Å². The summed E-state index contributed by atoms with van der Waals surface area (Å²) in [6.07, 6.45) is 0. The monoisotopic (exact) mass is 382 g/mol. The highest BCUT2D eigenvalue weighted by Gasteiger charge is 2.15. The second kappa shape index (κ2) is 7.76. The number of carbonyl (C=O) groups excluding carboxylic acids is 1. The molecule has 0 aliphatic carbocycles. The van der Waals surface area contributed by atoms with Gasteiger partial charge in [0.1, 0.15) is 5.75 Å². The molecule has 4 rings (SSSR count). The summed E-state index contributed by atoms with van der Waals surface area (Å²) < 4.78 is 5.25. The van der Waals surface area contributed by atoms with Gasteiger partial charge in [-0.3, -0.25) is 4.79 Å². The molecule has 0 atom stereocenters. The van der Waals surface area contributed by atoms with Crippen LogP contribution in [0.1, 0.15) is 21.5 Å². The zero-order valence-electron chi connectivity index (χ0n) is 16.7. The highest BCUT2D eigenvalue weighted by molar-refractivity contribution is 6.13. The number of aryl methyl sites for hydroxylation is 2. The van der Waals surface area contributed by atoms with E-state index in [1.807, 2.05) is 80.6 Å². The smallest absolute Gasteiger partial charge is 0.256 e. The van der Waals surface area contributed by atoms with Crippen LogP contribution in [0.25, 0.3) is 22.2 Å². The first kappa shape index (κ1) is 18.7. The van der Waals surface area contributed by atoms with Crippen molar-refractivity contribution in [2.24, 2.45) is 0 Å². The van der Waals surface area contributed by atoms with Crippen LogP contribution in [0.2, 0.25) is 0 Å². The van der Waals surface area contributed by atoms with Gasteiger partial charge in [-0.05, 0) is 55.8 Å². The summed E-state index contributed by atoms with van der Waals surface area (Å²) in [6, 6.07) is 23.3. The van der Waals surface area contributed by atoms with Crippen LogP contribution in [0.4, 0.5) is 5.69 Å². The van der Waals surface area contributed by atoms with Gasteiger partial charge in [-0.1, -0.05) is 42.0 Å². The lowest BCUT2D eigenvalue weighted by atomic mass is 10.0. The van der Waals surface area contributed by atoms with E-state index in [2.05, 4.69) is 11.4 Å². The Kier molecular flexibility index (Phi) is 5.00. The molecule has 0 radical (unpaired) electrons. The number of carbonyl (C=O) groups is 1. The van der Waals surface area contributed by atoms with Crippen molar-refractivity contribution >= 4 is 22.5 Å². The largest absolute Gasteiger partial charge is 0.497 e. The molecule has 0 unspecified atom stereocenters. The predicted molar refractivity (Wildman–Crippen MR) is 118 cm³/mol. The maximum atomic E-state index is 13.2. The van der Waals surface area contributed by atoms with Crippen molar-refractivity contribution in [3.63, 3.8) is 0 Å². The van der Waals surface area contributed by atoms with Gasteiger partial charge >= 0.3 is 0 Å². The molecule has 0 fully saturated rings. The topological polar surface area (TPSA) is 51.2 Å². The third kappa shape index (κ3) is 3.83. The Hall–Kier alpha value is -3.66. The molecule has 4 heteroatoms. The summed E-state index contributed by atoms with van der Waals surface area (Å²) in [4.78, 5) is 18.0. The molecule has 0 bridgehead atoms. The van der Waals surface area contributed by atoms with Crippen molar-refractivity contribution in [2.45, 2.75) is 13.8 Å². The summed E-state index contributed by atoms with van der Waals surface area (Å²) >= 11 is 0. The minimum Gasteiger partial charge on any atom is -0.497 e. The summed E-state index contributed by atoms with van der Waals surface area (Å²) in [5.41, 5.74) is 6.01. The fraction of sp³-hybridized carbons (Fsp3) is 0.120. The molecule has 0 saturated heterocycles. The Labute approximate surface area is 170 Å². The second-order valence-corrected chi connectivity index (χ2v) is 7.08. The lowest BCUT2D eigenvalue weighted by molar-refractivity contribution is 0.102. The zero-order valence-corrected chi connectivity index (χ0v) is 16.7. The first-order chi connectivity index (χ1) is 14.0. The number of methoxy groups -OCH3 is 1. The standard InChI is InChI=1S/C25H22N2O2/c1-16-7-6-8-18(13-16)24-15-21(20-9-4-5-10-23(20)26-24)25(28)27-22-12-11-19(29-3)14-17(22)2/h4-15H,1-3H3,(H,27,28). The van der Waals surface area contributed by atoms with Gasteiger partial charge in [0.25, 0.3) is 5.91 Å². The molecule has 1 amide bonds. The van der Waals surface area contributed by atoms with E-state index >= 15 is 0 Å². The van der Waals surface area contributed by atoms with Gasteiger partial charge in [0.2, 0.25) is 0 Å².